The summed E-state index contributed by atoms with van der Waals surface area (Å²) in [5, 5.41) is 8.46. The molecule has 2 bridgehead atoms. The minimum atomic E-state index is 0.299. The topological polar surface area (TPSA) is 54.9 Å². The van der Waals surface area contributed by atoms with Crippen LogP contribution < -0.4 is 20.2 Å². The van der Waals surface area contributed by atoms with Crippen LogP contribution in [0.1, 0.15) is 37.7 Å². The van der Waals surface area contributed by atoms with Gasteiger partial charge in [-0.05, 0) is 73.4 Å². The first kappa shape index (κ1) is 15.4. The van der Waals surface area contributed by atoms with E-state index in [9.17, 15) is 0 Å². The normalized spacial score (nSPS) is 32.9. The molecule has 6 heteroatoms. The summed E-state index contributed by atoms with van der Waals surface area (Å²) >= 11 is 5.38. The average molecular weight is 357 g/mol. The molecule has 4 atom stereocenters. The molecule has 1 aromatic carbocycles. The molecule has 5 rings (SSSR count). The van der Waals surface area contributed by atoms with Crippen LogP contribution in [0.5, 0.6) is 11.5 Å². The Bertz CT molecular complexity index is 735. The maximum Gasteiger partial charge on any atom is 0.231 e. The van der Waals surface area contributed by atoms with Crippen LogP contribution in [0.4, 0.5) is 0 Å². The molecule has 3 aliphatic carbocycles. The third kappa shape index (κ3) is 2.76. The zero-order chi connectivity index (χ0) is 16.8. The van der Waals surface area contributed by atoms with Gasteiger partial charge in [0.2, 0.25) is 6.79 Å². The number of rotatable bonds is 3. The predicted octanol–water partition coefficient (Wildman–Crippen LogP) is 3.19. The van der Waals surface area contributed by atoms with Crippen molar-refractivity contribution >= 4 is 23.0 Å². The maximum atomic E-state index is 5.40. The Kier molecular flexibility index (Phi) is 3.81. The third-order valence-corrected chi connectivity index (χ3v) is 6.63. The summed E-state index contributed by atoms with van der Waals surface area (Å²) in [5.74, 6) is 5.08. The summed E-state index contributed by atoms with van der Waals surface area (Å²) < 4.78 is 10.7. The number of hydrogen-bond acceptors (Lipinski definition) is 4. The Morgan fingerprint density at radius 1 is 1.20 bits per heavy atom. The van der Waals surface area contributed by atoms with Gasteiger partial charge in [-0.3, -0.25) is 5.43 Å². The molecule has 0 radical (unpaired) electrons. The van der Waals surface area contributed by atoms with E-state index in [1.165, 1.54) is 37.8 Å². The molecule has 3 saturated carbocycles. The van der Waals surface area contributed by atoms with Gasteiger partial charge < -0.3 is 14.8 Å². The van der Waals surface area contributed by atoms with Crippen molar-refractivity contribution in [3.05, 3.63) is 23.8 Å². The fourth-order valence-corrected chi connectivity index (χ4v) is 5.46. The van der Waals surface area contributed by atoms with Gasteiger partial charge in [0.15, 0.2) is 16.6 Å². The van der Waals surface area contributed by atoms with Crippen LogP contribution in [0.25, 0.3) is 0 Å². The lowest BCUT2D eigenvalue weighted by atomic mass is 9.81. The number of ether oxygens (including phenoxy) is 2. The molecule has 1 aliphatic heterocycles. The molecule has 25 heavy (non-hydrogen) atoms. The van der Waals surface area contributed by atoms with Crippen LogP contribution in [-0.2, 0) is 6.54 Å². The summed E-state index contributed by atoms with van der Waals surface area (Å²) in [4.78, 5) is 0. The van der Waals surface area contributed by atoms with Crippen LogP contribution in [0.15, 0.2) is 23.3 Å². The monoisotopic (exact) mass is 357 g/mol. The van der Waals surface area contributed by atoms with Crippen molar-refractivity contribution in [3.63, 3.8) is 0 Å². The van der Waals surface area contributed by atoms with Crippen molar-refractivity contribution in [1.82, 2.24) is 10.7 Å². The van der Waals surface area contributed by atoms with Crippen molar-refractivity contribution in [3.8, 4) is 11.5 Å². The SMILES string of the molecule is S=C(NCc1ccc2c(c1)OCO2)N/N=C1\CC2CC1C1CCCC21. The lowest BCUT2D eigenvalue weighted by Crippen LogP contribution is -2.34. The van der Waals surface area contributed by atoms with Gasteiger partial charge >= 0.3 is 0 Å². The Labute approximate surface area is 153 Å². The highest BCUT2D eigenvalue weighted by molar-refractivity contribution is 7.80. The lowest BCUT2D eigenvalue weighted by molar-refractivity contribution is 0.174. The van der Waals surface area contributed by atoms with E-state index in [0.29, 0.717) is 24.4 Å². The quantitative estimate of drug-likeness (QED) is 0.643. The molecule has 1 aromatic rings. The summed E-state index contributed by atoms with van der Waals surface area (Å²) in [6, 6.07) is 5.94. The smallest absolute Gasteiger partial charge is 0.231 e. The molecule has 0 spiro atoms. The minimum Gasteiger partial charge on any atom is -0.454 e. The average Bonchev–Trinajstić information content (AvgIpc) is 3.39. The van der Waals surface area contributed by atoms with E-state index in [4.69, 9.17) is 21.7 Å². The maximum absolute atomic E-state index is 5.40. The highest BCUT2D eigenvalue weighted by Crippen LogP contribution is 2.57. The van der Waals surface area contributed by atoms with Gasteiger partial charge in [0.1, 0.15) is 0 Å². The van der Waals surface area contributed by atoms with E-state index in [1.54, 1.807) is 0 Å². The first-order valence-electron chi connectivity index (χ1n) is 9.27. The van der Waals surface area contributed by atoms with Gasteiger partial charge in [0.25, 0.3) is 0 Å². The molecule has 4 unspecified atom stereocenters. The van der Waals surface area contributed by atoms with Crippen molar-refractivity contribution < 1.29 is 9.47 Å². The van der Waals surface area contributed by atoms with Crippen LogP contribution in [0, 0.1) is 23.7 Å². The molecule has 5 nitrogen and oxygen atoms in total. The van der Waals surface area contributed by atoms with E-state index in [1.807, 2.05) is 18.2 Å². The fraction of sp³-hybridized carbons (Fsp3) is 0.579. The van der Waals surface area contributed by atoms with Gasteiger partial charge in [-0.15, -0.1) is 0 Å². The fourth-order valence-electron chi connectivity index (χ4n) is 5.34. The van der Waals surface area contributed by atoms with Gasteiger partial charge in [0, 0.05) is 18.2 Å². The van der Waals surface area contributed by atoms with E-state index in [-0.39, 0.29) is 0 Å². The van der Waals surface area contributed by atoms with Crippen molar-refractivity contribution in [2.45, 2.75) is 38.6 Å². The number of hydrogen-bond donors (Lipinski definition) is 2. The second-order valence-electron chi connectivity index (χ2n) is 7.65. The predicted molar refractivity (Wildman–Crippen MR) is 99.6 cm³/mol. The first-order valence-corrected chi connectivity index (χ1v) is 9.67. The standard InChI is InChI=1S/C19H23N3O2S/c25-19(20-9-11-4-5-17-18(6-11)24-10-23-17)22-21-16-8-12-7-15(16)14-3-1-2-13(12)14/h4-6,12-15H,1-3,7-10H2,(H2,20,22,25)/b21-16+. The molecular formula is C19H23N3O2S. The Morgan fingerprint density at radius 3 is 3.04 bits per heavy atom. The Morgan fingerprint density at radius 2 is 2.08 bits per heavy atom. The number of thiocarbonyl (C=S) groups is 1. The van der Waals surface area contributed by atoms with Gasteiger partial charge in [0.05, 0.1) is 0 Å². The van der Waals surface area contributed by atoms with Crippen LogP contribution in [0.3, 0.4) is 0 Å². The van der Waals surface area contributed by atoms with E-state index < -0.39 is 0 Å². The zero-order valence-corrected chi connectivity index (χ0v) is 15.0. The Hall–Kier alpha value is -1.82. The first-order chi connectivity index (χ1) is 12.3. The third-order valence-electron chi connectivity index (χ3n) is 6.39. The summed E-state index contributed by atoms with van der Waals surface area (Å²) in [6.45, 7) is 0.942. The van der Waals surface area contributed by atoms with Crippen molar-refractivity contribution in [2.24, 2.45) is 28.8 Å². The molecule has 3 fully saturated rings. The largest absolute Gasteiger partial charge is 0.454 e. The molecule has 0 saturated heterocycles. The molecular weight excluding hydrogens is 334 g/mol. The summed E-state index contributed by atoms with van der Waals surface area (Å²) in [7, 11) is 0. The summed E-state index contributed by atoms with van der Waals surface area (Å²) in [5.41, 5.74) is 5.52. The second kappa shape index (κ2) is 6.16. The van der Waals surface area contributed by atoms with E-state index in [0.717, 1.165) is 34.8 Å². The second-order valence-corrected chi connectivity index (χ2v) is 8.06. The van der Waals surface area contributed by atoms with Gasteiger partial charge in [-0.2, -0.15) is 5.10 Å². The molecule has 132 valence electrons. The minimum absolute atomic E-state index is 0.299. The molecule has 0 amide bonds. The number of benzene rings is 1. The summed E-state index contributed by atoms with van der Waals surface area (Å²) in [6.07, 6.45) is 6.79. The number of nitrogens with zero attached hydrogens (tertiary/aromatic N) is 1. The molecule has 2 N–H and O–H groups in total. The van der Waals surface area contributed by atoms with Crippen LogP contribution in [-0.4, -0.2) is 17.6 Å². The van der Waals surface area contributed by atoms with Crippen molar-refractivity contribution in [1.29, 1.82) is 0 Å². The number of hydrazone groups is 1. The van der Waals surface area contributed by atoms with Gasteiger partial charge in [-0.1, -0.05) is 12.5 Å². The number of nitrogens with one attached hydrogen (secondary N) is 2. The highest BCUT2D eigenvalue weighted by atomic mass is 32.1. The lowest BCUT2D eigenvalue weighted by Gasteiger charge is -2.25. The zero-order valence-electron chi connectivity index (χ0n) is 14.2. The van der Waals surface area contributed by atoms with Crippen LogP contribution in [0.2, 0.25) is 0 Å². The molecule has 1 heterocycles. The van der Waals surface area contributed by atoms with E-state index >= 15 is 0 Å². The number of fused-ring (bicyclic) bond motifs is 6. The van der Waals surface area contributed by atoms with Gasteiger partial charge in [-0.25, -0.2) is 0 Å². The molecule has 0 aromatic heterocycles. The Balaban J connectivity index is 1.15. The van der Waals surface area contributed by atoms with E-state index in [2.05, 4.69) is 15.8 Å². The highest BCUT2D eigenvalue weighted by Gasteiger charge is 2.52. The molecule has 4 aliphatic rings. The van der Waals surface area contributed by atoms with Crippen LogP contribution >= 0.6 is 12.2 Å². The van der Waals surface area contributed by atoms with Crippen molar-refractivity contribution in [2.75, 3.05) is 6.79 Å².